The van der Waals surface area contributed by atoms with Crippen molar-refractivity contribution in [2.24, 2.45) is 7.05 Å². The summed E-state index contributed by atoms with van der Waals surface area (Å²) in [5, 5.41) is 3.20. The second-order valence-corrected chi connectivity index (χ2v) is 6.03. The highest BCUT2D eigenvalue weighted by atomic mass is 16.5. The number of ether oxygens (including phenoxy) is 1. The lowest BCUT2D eigenvalue weighted by molar-refractivity contribution is 0.0924. The number of rotatable bonds is 8. The topological polar surface area (TPSA) is 69.0 Å². The lowest BCUT2D eigenvalue weighted by Gasteiger charge is -2.05. The van der Waals surface area contributed by atoms with Crippen LogP contribution in [0.15, 0.2) is 55.0 Å². The van der Waals surface area contributed by atoms with Gasteiger partial charge in [-0.15, -0.1) is 0 Å². The summed E-state index contributed by atoms with van der Waals surface area (Å²) in [5.74, 6) is 0.632. The van der Waals surface area contributed by atoms with E-state index in [-0.39, 0.29) is 5.78 Å². The Balaban J connectivity index is 1.67. The number of ketones is 1. The number of benzene rings is 1. The largest absolute Gasteiger partial charge is 0.384 e. The number of nitrogens with zero attached hydrogens (tertiary/aromatic N) is 3. The van der Waals surface area contributed by atoms with Crippen molar-refractivity contribution in [3.63, 3.8) is 0 Å². The predicted octanol–water partition coefficient (Wildman–Crippen LogP) is 3.31. The number of aromatic nitrogens is 3. The van der Waals surface area contributed by atoms with Crippen LogP contribution in [0.25, 0.3) is 11.1 Å². The third-order valence-corrected chi connectivity index (χ3v) is 4.10. The number of carbonyl (C=O) groups excluding carboxylic acids is 1. The number of carbonyl (C=O) groups is 1. The van der Waals surface area contributed by atoms with Crippen LogP contribution in [0.1, 0.15) is 22.5 Å². The molecule has 6 heteroatoms. The molecule has 0 spiro atoms. The van der Waals surface area contributed by atoms with Gasteiger partial charge in [-0.05, 0) is 11.6 Å². The van der Waals surface area contributed by atoms with Crippen molar-refractivity contribution in [1.29, 1.82) is 0 Å². The van der Waals surface area contributed by atoms with Crippen LogP contribution in [0, 0.1) is 0 Å². The van der Waals surface area contributed by atoms with Crippen molar-refractivity contribution >= 4 is 11.7 Å². The second-order valence-electron chi connectivity index (χ2n) is 6.03. The average Bonchev–Trinajstić information content (AvgIpc) is 3.07. The molecule has 0 amide bonds. The molecule has 0 aliphatic rings. The third kappa shape index (κ3) is 4.34. The van der Waals surface area contributed by atoms with Gasteiger partial charge in [0, 0.05) is 56.8 Å². The van der Waals surface area contributed by atoms with Crippen LogP contribution in [0.2, 0.25) is 0 Å². The summed E-state index contributed by atoms with van der Waals surface area (Å²) < 4.78 is 6.80. The molecule has 0 aliphatic heterocycles. The molecule has 0 radical (unpaired) electrons. The number of anilines is 1. The summed E-state index contributed by atoms with van der Waals surface area (Å²) >= 11 is 0. The van der Waals surface area contributed by atoms with Crippen LogP contribution >= 0.6 is 0 Å². The first-order valence-electron chi connectivity index (χ1n) is 8.46. The Bertz CT molecular complexity index is 857. The van der Waals surface area contributed by atoms with Crippen LogP contribution in [-0.2, 0) is 18.3 Å². The maximum Gasteiger partial charge on any atom is 0.222 e. The van der Waals surface area contributed by atoms with Gasteiger partial charge in [-0.1, -0.05) is 30.3 Å². The fourth-order valence-electron chi connectivity index (χ4n) is 2.67. The molecular formula is C20H22N4O2. The van der Waals surface area contributed by atoms with Gasteiger partial charge in [0.2, 0.25) is 5.95 Å². The Kier molecular flexibility index (Phi) is 5.76. The zero-order chi connectivity index (χ0) is 18.4. The molecule has 3 aromatic rings. The lowest BCUT2D eigenvalue weighted by Crippen LogP contribution is -2.07. The lowest BCUT2D eigenvalue weighted by atomic mass is 10.1. The van der Waals surface area contributed by atoms with Crippen molar-refractivity contribution in [2.75, 3.05) is 19.0 Å². The summed E-state index contributed by atoms with van der Waals surface area (Å²) in [4.78, 5) is 20.9. The molecular weight excluding hydrogens is 328 g/mol. The molecule has 1 N–H and O–H groups in total. The molecule has 0 bridgehead atoms. The first-order valence-corrected chi connectivity index (χ1v) is 8.46. The van der Waals surface area contributed by atoms with Gasteiger partial charge >= 0.3 is 0 Å². The number of hydrogen-bond acceptors (Lipinski definition) is 5. The van der Waals surface area contributed by atoms with Crippen LogP contribution < -0.4 is 5.32 Å². The maximum atomic E-state index is 12.2. The van der Waals surface area contributed by atoms with Crippen molar-refractivity contribution in [2.45, 2.75) is 13.0 Å². The average molecular weight is 350 g/mol. The first-order chi connectivity index (χ1) is 12.7. The predicted molar refractivity (Wildman–Crippen MR) is 101 cm³/mol. The van der Waals surface area contributed by atoms with E-state index in [4.69, 9.17) is 4.74 Å². The van der Waals surface area contributed by atoms with E-state index in [1.54, 1.807) is 19.5 Å². The normalized spacial score (nSPS) is 10.7. The molecule has 0 atom stereocenters. The quantitative estimate of drug-likeness (QED) is 0.631. The van der Waals surface area contributed by atoms with Crippen LogP contribution in [0.5, 0.6) is 0 Å². The Labute approximate surface area is 152 Å². The first kappa shape index (κ1) is 17.8. The van der Waals surface area contributed by atoms with Gasteiger partial charge in [0.1, 0.15) is 0 Å². The number of Topliss-reactive ketones (excluding diaryl/α,β-unsaturated/α-hetero) is 1. The Morgan fingerprint density at radius 1 is 1.15 bits per heavy atom. The fourth-order valence-corrected chi connectivity index (χ4v) is 2.67. The molecule has 1 aromatic carbocycles. The molecule has 2 aromatic heterocycles. The second kappa shape index (κ2) is 8.40. The summed E-state index contributed by atoms with van der Waals surface area (Å²) in [6.07, 6.45) is 5.81. The zero-order valence-corrected chi connectivity index (χ0v) is 15.0. The molecule has 0 aliphatic carbocycles. The van der Waals surface area contributed by atoms with Gasteiger partial charge in [0.25, 0.3) is 0 Å². The van der Waals surface area contributed by atoms with E-state index < -0.39 is 0 Å². The standard InChI is InChI=1S/C20H22N4O2/c1-24-14-16(10-18(24)19(25)8-9-26-2)17-12-22-20(23-13-17)21-11-15-6-4-3-5-7-15/h3-7,10,12-14H,8-9,11H2,1-2H3,(H,21,22,23). The minimum atomic E-state index is 0.0580. The maximum absolute atomic E-state index is 12.2. The van der Waals surface area contributed by atoms with Crippen molar-refractivity contribution < 1.29 is 9.53 Å². The van der Waals surface area contributed by atoms with Gasteiger partial charge in [0.05, 0.1) is 12.3 Å². The van der Waals surface area contributed by atoms with E-state index in [0.29, 0.717) is 31.2 Å². The van der Waals surface area contributed by atoms with Crippen LogP contribution in [-0.4, -0.2) is 34.0 Å². The van der Waals surface area contributed by atoms with Gasteiger partial charge in [-0.2, -0.15) is 0 Å². The van der Waals surface area contributed by atoms with Gasteiger partial charge in [0.15, 0.2) is 5.78 Å². The smallest absolute Gasteiger partial charge is 0.222 e. The van der Waals surface area contributed by atoms with Gasteiger partial charge in [-0.3, -0.25) is 4.79 Å². The van der Waals surface area contributed by atoms with E-state index in [1.165, 1.54) is 5.56 Å². The Morgan fingerprint density at radius 2 is 1.88 bits per heavy atom. The molecule has 2 heterocycles. The summed E-state index contributed by atoms with van der Waals surface area (Å²) in [6.45, 7) is 1.09. The van der Waals surface area contributed by atoms with Gasteiger partial charge in [-0.25, -0.2) is 9.97 Å². The fraction of sp³-hybridized carbons (Fsp3) is 0.250. The van der Waals surface area contributed by atoms with E-state index in [2.05, 4.69) is 15.3 Å². The minimum absolute atomic E-state index is 0.0580. The highest BCUT2D eigenvalue weighted by molar-refractivity contribution is 5.96. The van der Waals surface area contributed by atoms with Crippen molar-refractivity contribution in [1.82, 2.24) is 14.5 Å². The molecule has 0 saturated carbocycles. The molecule has 134 valence electrons. The molecule has 0 fully saturated rings. The molecule has 0 saturated heterocycles. The highest BCUT2D eigenvalue weighted by Crippen LogP contribution is 2.22. The molecule has 6 nitrogen and oxygen atoms in total. The van der Waals surface area contributed by atoms with Crippen molar-refractivity contribution in [3.05, 3.63) is 66.2 Å². The van der Waals surface area contributed by atoms with Crippen LogP contribution in [0.4, 0.5) is 5.95 Å². The number of hydrogen-bond donors (Lipinski definition) is 1. The monoisotopic (exact) mass is 350 g/mol. The SMILES string of the molecule is COCCC(=O)c1cc(-c2cnc(NCc3ccccc3)nc2)cn1C. The third-order valence-electron chi connectivity index (χ3n) is 4.10. The molecule has 26 heavy (non-hydrogen) atoms. The zero-order valence-electron chi connectivity index (χ0n) is 15.0. The highest BCUT2D eigenvalue weighted by Gasteiger charge is 2.13. The minimum Gasteiger partial charge on any atom is -0.384 e. The van der Waals surface area contributed by atoms with E-state index >= 15 is 0 Å². The number of nitrogens with one attached hydrogen (secondary N) is 1. The number of aryl methyl sites for hydroxylation is 1. The summed E-state index contributed by atoms with van der Waals surface area (Å²) in [7, 11) is 3.45. The number of methoxy groups -OCH3 is 1. The van der Waals surface area contributed by atoms with E-state index in [0.717, 1.165) is 11.1 Å². The molecule has 3 rings (SSSR count). The summed E-state index contributed by atoms with van der Waals surface area (Å²) in [6, 6.07) is 12.0. The van der Waals surface area contributed by atoms with Crippen LogP contribution in [0.3, 0.4) is 0 Å². The van der Waals surface area contributed by atoms with Crippen molar-refractivity contribution in [3.8, 4) is 11.1 Å². The summed E-state index contributed by atoms with van der Waals surface area (Å²) in [5.41, 5.74) is 3.62. The Hall–Kier alpha value is -2.99. The molecule has 0 unspecified atom stereocenters. The van der Waals surface area contributed by atoms with Gasteiger partial charge < -0.3 is 14.6 Å². The van der Waals surface area contributed by atoms with E-state index in [9.17, 15) is 4.79 Å². The van der Waals surface area contributed by atoms with E-state index in [1.807, 2.05) is 54.2 Å². The Morgan fingerprint density at radius 3 is 2.58 bits per heavy atom.